The zero-order valence-corrected chi connectivity index (χ0v) is 14.5. The summed E-state index contributed by atoms with van der Waals surface area (Å²) in [6.07, 6.45) is 2.51. The van der Waals surface area contributed by atoms with Crippen LogP contribution in [0.3, 0.4) is 0 Å². The van der Waals surface area contributed by atoms with E-state index in [9.17, 15) is 4.79 Å². The fourth-order valence-corrected chi connectivity index (χ4v) is 3.37. The number of hydrogen-bond donors (Lipinski definition) is 1. The van der Waals surface area contributed by atoms with Crippen molar-refractivity contribution in [2.24, 2.45) is 0 Å². The number of nitrogens with one attached hydrogen (secondary N) is 1. The van der Waals surface area contributed by atoms with Crippen molar-refractivity contribution in [3.05, 3.63) is 70.7 Å². The highest BCUT2D eigenvalue weighted by molar-refractivity contribution is 6.30. The predicted molar refractivity (Wildman–Crippen MR) is 98.6 cm³/mol. The van der Waals surface area contributed by atoms with Crippen LogP contribution in [0.1, 0.15) is 34.8 Å². The highest BCUT2D eigenvalue weighted by atomic mass is 35.5. The fourth-order valence-electron chi connectivity index (χ4n) is 3.25. The normalized spacial score (nSPS) is 16.2. The average Bonchev–Trinajstić information content (AvgIpc) is 3.14. The van der Waals surface area contributed by atoms with Crippen molar-refractivity contribution >= 4 is 17.4 Å². The van der Waals surface area contributed by atoms with E-state index in [1.54, 1.807) is 24.3 Å². The Kier molecular flexibility index (Phi) is 6.02. The van der Waals surface area contributed by atoms with Gasteiger partial charge in [-0.3, -0.25) is 9.69 Å². The molecule has 126 valence electrons. The molecule has 0 saturated carbocycles. The van der Waals surface area contributed by atoms with Crippen LogP contribution in [0.4, 0.5) is 0 Å². The lowest BCUT2D eigenvalue weighted by atomic mass is 10.1. The van der Waals surface area contributed by atoms with Crippen LogP contribution in [0.2, 0.25) is 5.02 Å². The highest BCUT2D eigenvalue weighted by Crippen LogP contribution is 2.24. The van der Waals surface area contributed by atoms with E-state index in [0.717, 1.165) is 19.6 Å². The van der Waals surface area contributed by atoms with Crippen molar-refractivity contribution in [3.63, 3.8) is 0 Å². The van der Waals surface area contributed by atoms with Gasteiger partial charge in [-0.25, -0.2) is 0 Å². The molecule has 1 unspecified atom stereocenters. The SMILES string of the molecule is O=C(CNCC(c1ccccc1)N1CCCC1)c1ccc(Cl)cc1. The number of ketones is 1. The molecule has 2 aromatic carbocycles. The Labute approximate surface area is 148 Å². The van der Waals surface area contributed by atoms with Crippen LogP contribution in [0.15, 0.2) is 54.6 Å². The van der Waals surface area contributed by atoms with Crippen molar-refractivity contribution in [3.8, 4) is 0 Å². The number of carbonyl (C=O) groups is 1. The molecule has 1 N–H and O–H groups in total. The van der Waals surface area contributed by atoms with Gasteiger partial charge in [0.2, 0.25) is 0 Å². The minimum atomic E-state index is 0.0971. The third-order valence-electron chi connectivity index (χ3n) is 4.56. The highest BCUT2D eigenvalue weighted by Gasteiger charge is 2.23. The molecule has 0 aliphatic carbocycles. The number of nitrogens with zero attached hydrogens (tertiary/aromatic N) is 1. The molecule has 1 aliphatic heterocycles. The van der Waals surface area contributed by atoms with Gasteiger partial charge in [0, 0.05) is 23.2 Å². The molecule has 3 nitrogen and oxygen atoms in total. The molecule has 4 heteroatoms. The predicted octanol–water partition coefficient (Wildman–Crippen LogP) is 3.95. The van der Waals surface area contributed by atoms with Crippen LogP contribution in [0.5, 0.6) is 0 Å². The first-order valence-corrected chi connectivity index (χ1v) is 8.90. The number of rotatable bonds is 7. The molecule has 1 saturated heterocycles. The first-order valence-electron chi connectivity index (χ1n) is 8.52. The smallest absolute Gasteiger partial charge is 0.176 e. The van der Waals surface area contributed by atoms with Gasteiger partial charge in [0.1, 0.15) is 0 Å². The van der Waals surface area contributed by atoms with E-state index in [-0.39, 0.29) is 5.78 Å². The number of likely N-dealkylation sites (tertiary alicyclic amines) is 1. The van der Waals surface area contributed by atoms with Crippen LogP contribution < -0.4 is 5.32 Å². The molecule has 1 aliphatic rings. The summed E-state index contributed by atoms with van der Waals surface area (Å²) in [5, 5.41) is 4.00. The lowest BCUT2D eigenvalue weighted by Gasteiger charge is -2.28. The number of Topliss-reactive ketones (excluding diaryl/α,β-unsaturated/α-hetero) is 1. The van der Waals surface area contributed by atoms with E-state index in [4.69, 9.17) is 11.6 Å². The Morgan fingerprint density at radius 3 is 2.38 bits per heavy atom. The molecular formula is C20H23ClN2O. The largest absolute Gasteiger partial charge is 0.308 e. The molecular weight excluding hydrogens is 320 g/mol. The van der Waals surface area contributed by atoms with E-state index in [1.165, 1.54) is 18.4 Å². The second-order valence-electron chi connectivity index (χ2n) is 6.23. The molecule has 3 rings (SSSR count). The first-order chi connectivity index (χ1) is 11.7. The van der Waals surface area contributed by atoms with Gasteiger partial charge in [-0.2, -0.15) is 0 Å². The maximum atomic E-state index is 12.3. The standard InChI is InChI=1S/C20H23ClN2O/c21-18-10-8-17(9-11-18)20(24)15-22-14-19(23-12-4-5-13-23)16-6-2-1-3-7-16/h1-3,6-11,19,22H,4-5,12-15H2. The Hall–Kier alpha value is -1.68. The average molecular weight is 343 g/mol. The van der Waals surface area contributed by atoms with Gasteiger partial charge in [-0.15, -0.1) is 0 Å². The van der Waals surface area contributed by atoms with Crippen LogP contribution in [0, 0.1) is 0 Å². The van der Waals surface area contributed by atoms with Crippen molar-refractivity contribution in [1.82, 2.24) is 10.2 Å². The molecule has 1 heterocycles. The Morgan fingerprint density at radius 1 is 1.04 bits per heavy atom. The maximum absolute atomic E-state index is 12.3. The minimum absolute atomic E-state index is 0.0971. The Morgan fingerprint density at radius 2 is 1.71 bits per heavy atom. The summed E-state index contributed by atoms with van der Waals surface area (Å²) in [6, 6.07) is 17.9. The molecule has 0 radical (unpaired) electrons. The van der Waals surface area contributed by atoms with Gasteiger partial charge >= 0.3 is 0 Å². The number of carbonyl (C=O) groups excluding carboxylic acids is 1. The van der Waals surface area contributed by atoms with Crippen LogP contribution >= 0.6 is 11.6 Å². The van der Waals surface area contributed by atoms with E-state index in [1.807, 2.05) is 6.07 Å². The van der Waals surface area contributed by atoms with Crippen LogP contribution in [0.25, 0.3) is 0 Å². The van der Waals surface area contributed by atoms with Gasteiger partial charge in [0.05, 0.1) is 6.54 Å². The second kappa shape index (κ2) is 8.43. The number of benzene rings is 2. The molecule has 0 amide bonds. The summed E-state index contributed by atoms with van der Waals surface area (Å²) in [5.41, 5.74) is 2.01. The monoisotopic (exact) mass is 342 g/mol. The first kappa shape index (κ1) is 17.2. The Balaban J connectivity index is 1.59. The molecule has 0 spiro atoms. The molecule has 0 bridgehead atoms. The van der Waals surface area contributed by atoms with E-state index < -0.39 is 0 Å². The quantitative estimate of drug-likeness (QED) is 0.773. The van der Waals surface area contributed by atoms with Crippen molar-refractivity contribution < 1.29 is 4.79 Å². The van der Waals surface area contributed by atoms with Crippen molar-refractivity contribution in [2.45, 2.75) is 18.9 Å². The van der Waals surface area contributed by atoms with Gasteiger partial charge < -0.3 is 5.32 Å². The third kappa shape index (κ3) is 4.44. The van der Waals surface area contributed by atoms with Crippen molar-refractivity contribution in [1.29, 1.82) is 0 Å². The molecule has 2 aromatic rings. The topological polar surface area (TPSA) is 32.3 Å². The molecule has 24 heavy (non-hydrogen) atoms. The van der Waals surface area contributed by atoms with Gasteiger partial charge in [0.15, 0.2) is 5.78 Å². The summed E-state index contributed by atoms with van der Waals surface area (Å²) in [5.74, 6) is 0.0971. The van der Waals surface area contributed by atoms with Gasteiger partial charge in [0.25, 0.3) is 0 Å². The van der Waals surface area contributed by atoms with Gasteiger partial charge in [-0.1, -0.05) is 41.9 Å². The maximum Gasteiger partial charge on any atom is 0.176 e. The minimum Gasteiger partial charge on any atom is -0.308 e. The summed E-state index contributed by atoms with van der Waals surface area (Å²) in [7, 11) is 0. The number of hydrogen-bond acceptors (Lipinski definition) is 3. The summed E-state index contributed by atoms with van der Waals surface area (Å²) in [6.45, 7) is 3.39. The summed E-state index contributed by atoms with van der Waals surface area (Å²) in [4.78, 5) is 14.8. The molecule has 1 fully saturated rings. The Bertz CT molecular complexity index is 651. The zero-order valence-electron chi connectivity index (χ0n) is 13.7. The van der Waals surface area contributed by atoms with E-state index in [2.05, 4.69) is 34.5 Å². The van der Waals surface area contributed by atoms with Crippen molar-refractivity contribution in [2.75, 3.05) is 26.2 Å². The summed E-state index contributed by atoms with van der Waals surface area (Å²) >= 11 is 5.87. The van der Waals surface area contributed by atoms with Crippen LogP contribution in [-0.4, -0.2) is 36.9 Å². The van der Waals surface area contributed by atoms with E-state index in [0.29, 0.717) is 23.2 Å². The summed E-state index contributed by atoms with van der Waals surface area (Å²) < 4.78 is 0. The zero-order chi connectivity index (χ0) is 16.8. The molecule has 0 aromatic heterocycles. The van der Waals surface area contributed by atoms with Gasteiger partial charge in [-0.05, 0) is 55.8 Å². The number of halogens is 1. The lowest BCUT2D eigenvalue weighted by molar-refractivity contribution is 0.0987. The fraction of sp³-hybridized carbons (Fsp3) is 0.350. The van der Waals surface area contributed by atoms with E-state index >= 15 is 0 Å². The third-order valence-corrected chi connectivity index (χ3v) is 4.81. The van der Waals surface area contributed by atoms with Crippen LogP contribution in [-0.2, 0) is 0 Å². The lowest BCUT2D eigenvalue weighted by Crippen LogP contribution is -2.36. The second-order valence-corrected chi connectivity index (χ2v) is 6.67. The molecule has 1 atom stereocenters.